The lowest BCUT2D eigenvalue weighted by molar-refractivity contribution is -0.125. The fourth-order valence-corrected chi connectivity index (χ4v) is 3.70. The van der Waals surface area contributed by atoms with Gasteiger partial charge in [0.25, 0.3) is 0 Å². The van der Waals surface area contributed by atoms with Crippen LogP contribution in [0.25, 0.3) is 11.1 Å². The number of hydrogen-bond acceptors (Lipinski definition) is 4. The molecule has 2 aromatic carbocycles. The Morgan fingerprint density at radius 3 is 2.48 bits per heavy atom. The molecule has 1 aliphatic heterocycles. The molecule has 2 heterocycles. The summed E-state index contributed by atoms with van der Waals surface area (Å²) in [7, 11) is 0. The van der Waals surface area contributed by atoms with Gasteiger partial charge in [0.1, 0.15) is 0 Å². The first-order valence-corrected chi connectivity index (χ1v) is 10.2. The van der Waals surface area contributed by atoms with Gasteiger partial charge in [0.15, 0.2) is 0 Å². The summed E-state index contributed by atoms with van der Waals surface area (Å²) in [5, 5.41) is 3.74. The highest BCUT2D eigenvalue weighted by Crippen LogP contribution is 2.23. The van der Waals surface area contributed by atoms with E-state index in [2.05, 4.69) is 20.2 Å². The van der Waals surface area contributed by atoms with Crippen molar-refractivity contribution in [3.8, 4) is 11.1 Å². The van der Waals surface area contributed by atoms with Gasteiger partial charge in [-0.1, -0.05) is 54.1 Å². The van der Waals surface area contributed by atoms with Crippen molar-refractivity contribution in [2.75, 3.05) is 18.0 Å². The van der Waals surface area contributed by atoms with Crippen LogP contribution in [0.5, 0.6) is 0 Å². The Bertz CT molecular complexity index is 945. The molecule has 5 nitrogen and oxygen atoms in total. The molecule has 29 heavy (non-hydrogen) atoms. The van der Waals surface area contributed by atoms with Gasteiger partial charge in [0, 0.05) is 42.6 Å². The molecule has 1 N–H and O–H groups in total. The van der Waals surface area contributed by atoms with Crippen molar-refractivity contribution >= 4 is 23.5 Å². The number of nitrogens with zero attached hydrogens (tertiary/aromatic N) is 3. The molecule has 1 atom stereocenters. The summed E-state index contributed by atoms with van der Waals surface area (Å²) < 4.78 is 0. The van der Waals surface area contributed by atoms with Crippen LogP contribution in [0.15, 0.2) is 67.0 Å². The van der Waals surface area contributed by atoms with Crippen LogP contribution in [-0.2, 0) is 11.3 Å². The van der Waals surface area contributed by atoms with Gasteiger partial charge in [-0.3, -0.25) is 4.79 Å². The molecule has 1 aliphatic rings. The fraction of sp³-hybridized carbons (Fsp3) is 0.261. The molecule has 0 radical (unpaired) electrons. The third kappa shape index (κ3) is 4.93. The minimum absolute atomic E-state index is 0.0616. The van der Waals surface area contributed by atoms with E-state index in [0.717, 1.165) is 36.1 Å². The maximum absolute atomic E-state index is 12.6. The fourth-order valence-electron chi connectivity index (χ4n) is 3.57. The minimum Gasteiger partial charge on any atom is -0.352 e. The van der Waals surface area contributed by atoms with Crippen LogP contribution in [0.4, 0.5) is 5.95 Å². The van der Waals surface area contributed by atoms with Crippen LogP contribution in [0, 0.1) is 5.92 Å². The van der Waals surface area contributed by atoms with E-state index in [1.807, 2.05) is 67.0 Å². The molecular weight excluding hydrogens is 384 g/mol. The first-order valence-electron chi connectivity index (χ1n) is 9.83. The van der Waals surface area contributed by atoms with Crippen LogP contribution in [0.3, 0.4) is 0 Å². The van der Waals surface area contributed by atoms with Crippen LogP contribution in [0.1, 0.15) is 18.4 Å². The van der Waals surface area contributed by atoms with E-state index in [1.165, 1.54) is 0 Å². The first-order chi connectivity index (χ1) is 14.2. The van der Waals surface area contributed by atoms with Gasteiger partial charge >= 0.3 is 0 Å². The van der Waals surface area contributed by atoms with E-state index < -0.39 is 0 Å². The third-order valence-electron chi connectivity index (χ3n) is 5.20. The normalized spacial score (nSPS) is 16.4. The summed E-state index contributed by atoms with van der Waals surface area (Å²) >= 11 is 5.91. The van der Waals surface area contributed by atoms with Crippen LogP contribution < -0.4 is 10.2 Å². The largest absolute Gasteiger partial charge is 0.352 e. The topological polar surface area (TPSA) is 58.1 Å². The number of halogens is 1. The number of nitrogens with one attached hydrogen (secondary N) is 1. The van der Waals surface area contributed by atoms with Gasteiger partial charge < -0.3 is 10.2 Å². The molecule has 148 valence electrons. The molecule has 1 amide bonds. The summed E-state index contributed by atoms with van der Waals surface area (Å²) in [6.07, 6.45) is 5.53. The smallest absolute Gasteiger partial charge is 0.225 e. The van der Waals surface area contributed by atoms with E-state index in [4.69, 9.17) is 11.6 Å². The molecule has 1 fully saturated rings. The Kier molecular flexibility index (Phi) is 6.06. The highest BCUT2D eigenvalue weighted by molar-refractivity contribution is 6.30. The van der Waals surface area contributed by atoms with Gasteiger partial charge in [-0.25, -0.2) is 9.97 Å². The highest BCUT2D eigenvalue weighted by Gasteiger charge is 2.27. The number of carbonyl (C=O) groups excluding carboxylic acids is 1. The molecule has 6 heteroatoms. The van der Waals surface area contributed by atoms with E-state index in [1.54, 1.807) is 0 Å². The van der Waals surface area contributed by atoms with Gasteiger partial charge in [-0.2, -0.15) is 0 Å². The maximum atomic E-state index is 12.6. The third-order valence-corrected chi connectivity index (χ3v) is 5.45. The Balaban J connectivity index is 1.36. The summed E-state index contributed by atoms with van der Waals surface area (Å²) in [5.74, 6) is 0.693. The number of carbonyl (C=O) groups is 1. The quantitative estimate of drug-likeness (QED) is 0.685. The van der Waals surface area contributed by atoms with Crippen LogP contribution in [0.2, 0.25) is 5.02 Å². The van der Waals surface area contributed by atoms with Crippen LogP contribution in [-0.4, -0.2) is 29.0 Å². The Hall–Kier alpha value is -2.92. The predicted molar refractivity (Wildman–Crippen MR) is 116 cm³/mol. The Morgan fingerprint density at radius 1 is 1.03 bits per heavy atom. The zero-order chi connectivity index (χ0) is 20.1. The van der Waals surface area contributed by atoms with Crippen molar-refractivity contribution in [2.45, 2.75) is 19.4 Å². The van der Waals surface area contributed by atoms with Gasteiger partial charge in [-0.15, -0.1) is 0 Å². The molecule has 0 aliphatic carbocycles. The zero-order valence-corrected chi connectivity index (χ0v) is 16.8. The standard InChI is InChI=1S/C23H23ClN4O/c24-21-10-8-17(9-11-21)13-25-22(29)19-7-4-12-28(16-19)23-26-14-20(15-27-23)18-5-2-1-3-6-18/h1-3,5-6,8-11,14-15,19H,4,7,12-13,16H2,(H,25,29). The molecule has 4 rings (SSSR count). The molecule has 0 saturated carbocycles. The molecule has 1 aromatic heterocycles. The maximum Gasteiger partial charge on any atom is 0.225 e. The van der Waals surface area contributed by atoms with Crippen LogP contribution >= 0.6 is 11.6 Å². The molecule has 1 unspecified atom stereocenters. The van der Waals surface area contributed by atoms with Crippen molar-refractivity contribution in [1.82, 2.24) is 15.3 Å². The second-order valence-corrected chi connectivity index (χ2v) is 7.70. The number of aromatic nitrogens is 2. The molecule has 3 aromatic rings. The lowest BCUT2D eigenvalue weighted by atomic mass is 9.97. The summed E-state index contributed by atoms with van der Waals surface area (Å²) in [5.41, 5.74) is 3.12. The molecule has 0 bridgehead atoms. The SMILES string of the molecule is O=C(NCc1ccc(Cl)cc1)C1CCCN(c2ncc(-c3ccccc3)cn2)C1. The van der Waals surface area contributed by atoms with Gasteiger partial charge in [-0.05, 0) is 36.1 Å². The van der Waals surface area contributed by atoms with E-state index in [0.29, 0.717) is 24.1 Å². The number of amides is 1. The van der Waals surface area contributed by atoms with Crippen molar-refractivity contribution < 1.29 is 4.79 Å². The highest BCUT2D eigenvalue weighted by atomic mass is 35.5. The monoisotopic (exact) mass is 406 g/mol. The number of piperidine rings is 1. The number of anilines is 1. The lowest BCUT2D eigenvalue weighted by Gasteiger charge is -2.32. The number of rotatable bonds is 5. The van der Waals surface area contributed by atoms with Crippen molar-refractivity contribution in [3.05, 3.63) is 77.6 Å². The molecule has 1 saturated heterocycles. The number of hydrogen-bond donors (Lipinski definition) is 1. The summed E-state index contributed by atoms with van der Waals surface area (Å²) in [6, 6.07) is 17.6. The van der Waals surface area contributed by atoms with Crippen molar-refractivity contribution in [1.29, 1.82) is 0 Å². The second-order valence-electron chi connectivity index (χ2n) is 7.27. The van der Waals surface area contributed by atoms with Gasteiger partial charge in [0.2, 0.25) is 11.9 Å². The van der Waals surface area contributed by atoms with Crippen molar-refractivity contribution in [2.24, 2.45) is 5.92 Å². The van der Waals surface area contributed by atoms with Gasteiger partial charge in [0.05, 0.1) is 5.92 Å². The van der Waals surface area contributed by atoms with E-state index >= 15 is 0 Å². The average molecular weight is 407 g/mol. The van der Waals surface area contributed by atoms with Crippen molar-refractivity contribution in [3.63, 3.8) is 0 Å². The summed E-state index contributed by atoms with van der Waals surface area (Å²) in [6.45, 7) is 2.01. The van der Waals surface area contributed by atoms with E-state index in [-0.39, 0.29) is 11.8 Å². The molecule has 0 spiro atoms. The number of benzene rings is 2. The molecular formula is C23H23ClN4O. The second kappa shape index (κ2) is 9.05. The average Bonchev–Trinajstić information content (AvgIpc) is 2.79. The summed E-state index contributed by atoms with van der Waals surface area (Å²) in [4.78, 5) is 23.8. The lowest BCUT2D eigenvalue weighted by Crippen LogP contribution is -2.43. The minimum atomic E-state index is -0.0616. The predicted octanol–water partition coefficient (Wildman–Crippen LogP) is 4.33. The first kappa shape index (κ1) is 19.4. The van der Waals surface area contributed by atoms with E-state index in [9.17, 15) is 4.79 Å². The Labute approximate surface area is 175 Å². The zero-order valence-electron chi connectivity index (χ0n) is 16.1. The Morgan fingerprint density at radius 2 is 1.76 bits per heavy atom.